The summed E-state index contributed by atoms with van der Waals surface area (Å²) in [5.74, 6) is 0.559. The van der Waals surface area contributed by atoms with Crippen molar-refractivity contribution < 1.29 is 14.5 Å². The Bertz CT molecular complexity index is 801. The van der Waals surface area contributed by atoms with Gasteiger partial charge in [-0.1, -0.05) is 18.9 Å². The van der Waals surface area contributed by atoms with E-state index in [1.54, 1.807) is 24.3 Å². The Labute approximate surface area is 172 Å². The molecule has 2 aromatic carbocycles. The molecule has 29 heavy (non-hydrogen) atoms. The fourth-order valence-corrected chi connectivity index (χ4v) is 2.94. The number of ether oxygens (including phenoxy) is 1. The second kappa shape index (κ2) is 11.8. The van der Waals surface area contributed by atoms with E-state index in [1.807, 2.05) is 6.08 Å². The van der Waals surface area contributed by atoms with E-state index >= 15 is 0 Å². The summed E-state index contributed by atoms with van der Waals surface area (Å²) in [5, 5.41) is 10.7. The Morgan fingerprint density at radius 1 is 1.03 bits per heavy atom. The number of rotatable bonds is 13. The van der Waals surface area contributed by atoms with Gasteiger partial charge >= 0.3 is 0 Å². The van der Waals surface area contributed by atoms with E-state index in [4.69, 9.17) is 4.74 Å². The molecule has 0 aliphatic carbocycles. The van der Waals surface area contributed by atoms with Gasteiger partial charge in [0.25, 0.3) is 5.69 Å². The van der Waals surface area contributed by atoms with E-state index in [9.17, 15) is 14.9 Å². The van der Waals surface area contributed by atoms with Crippen molar-refractivity contribution >= 4 is 11.5 Å². The number of ketones is 1. The average molecular weight is 396 g/mol. The molecule has 0 fully saturated rings. The second-order valence-corrected chi connectivity index (χ2v) is 6.97. The van der Waals surface area contributed by atoms with Crippen molar-refractivity contribution in [2.75, 3.05) is 26.7 Å². The third-order valence-electron chi connectivity index (χ3n) is 4.60. The first-order valence-corrected chi connectivity index (χ1v) is 9.82. The molecule has 0 unspecified atom stereocenters. The summed E-state index contributed by atoms with van der Waals surface area (Å²) in [4.78, 5) is 24.9. The SMILES string of the molecule is C=CCN(C)CCCCCCOc1ccc(C(=O)c2ccc([N+](=O)[O-])cc2)cc1. The third-order valence-corrected chi connectivity index (χ3v) is 4.60. The lowest BCUT2D eigenvalue weighted by molar-refractivity contribution is -0.384. The molecule has 0 aromatic heterocycles. The van der Waals surface area contributed by atoms with Gasteiger partial charge < -0.3 is 9.64 Å². The number of nitro groups is 1. The number of hydrogen-bond acceptors (Lipinski definition) is 5. The van der Waals surface area contributed by atoms with Gasteiger partial charge in [-0.15, -0.1) is 6.58 Å². The number of unbranched alkanes of at least 4 members (excludes halogenated alkanes) is 3. The van der Waals surface area contributed by atoms with Crippen LogP contribution in [0.25, 0.3) is 0 Å². The molecular formula is C23H28N2O4. The summed E-state index contributed by atoms with van der Waals surface area (Å²) in [5.41, 5.74) is 0.909. The number of benzene rings is 2. The quantitative estimate of drug-likeness (QED) is 0.159. The minimum Gasteiger partial charge on any atom is -0.494 e. The minimum absolute atomic E-state index is 0.0333. The zero-order valence-corrected chi connectivity index (χ0v) is 16.9. The molecule has 0 atom stereocenters. The molecule has 0 radical (unpaired) electrons. The summed E-state index contributed by atoms with van der Waals surface area (Å²) in [7, 11) is 2.10. The van der Waals surface area contributed by atoms with E-state index in [2.05, 4.69) is 18.5 Å². The fourth-order valence-electron chi connectivity index (χ4n) is 2.94. The molecule has 0 saturated carbocycles. The third kappa shape index (κ3) is 7.50. The summed E-state index contributed by atoms with van der Waals surface area (Å²) < 4.78 is 5.74. The second-order valence-electron chi connectivity index (χ2n) is 6.97. The standard InChI is InChI=1S/C23H28N2O4/c1-3-16-24(2)17-6-4-5-7-18-29-22-14-10-20(11-15-22)23(26)19-8-12-21(13-9-19)25(27)28/h3,8-15H,1,4-7,16-18H2,2H3. The largest absolute Gasteiger partial charge is 0.494 e. The number of nitrogens with zero attached hydrogens (tertiary/aromatic N) is 2. The van der Waals surface area contributed by atoms with Gasteiger partial charge in [0.15, 0.2) is 5.78 Å². The highest BCUT2D eigenvalue weighted by molar-refractivity contribution is 6.09. The smallest absolute Gasteiger partial charge is 0.269 e. The lowest BCUT2D eigenvalue weighted by Gasteiger charge is -2.13. The van der Waals surface area contributed by atoms with Crippen LogP contribution in [0.2, 0.25) is 0 Å². The number of carbonyl (C=O) groups is 1. The van der Waals surface area contributed by atoms with Gasteiger partial charge in [-0.3, -0.25) is 14.9 Å². The summed E-state index contributed by atoms with van der Waals surface area (Å²) in [6.45, 7) is 6.39. The molecule has 0 N–H and O–H groups in total. The molecule has 0 aliphatic rings. The van der Waals surface area contributed by atoms with Gasteiger partial charge in [0, 0.05) is 29.8 Å². The van der Waals surface area contributed by atoms with Crippen LogP contribution >= 0.6 is 0 Å². The maximum absolute atomic E-state index is 12.5. The van der Waals surface area contributed by atoms with Crippen LogP contribution in [0, 0.1) is 10.1 Å². The van der Waals surface area contributed by atoms with E-state index < -0.39 is 4.92 Å². The number of non-ortho nitro benzene ring substituents is 1. The first-order valence-electron chi connectivity index (χ1n) is 9.82. The van der Waals surface area contributed by atoms with Crippen molar-refractivity contribution in [3.05, 3.63) is 82.4 Å². The molecule has 154 valence electrons. The van der Waals surface area contributed by atoms with Crippen molar-refractivity contribution in [2.45, 2.75) is 25.7 Å². The predicted molar refractivity (Wildman–Crippen MR) is 115 cm³/mol. The van der Waals surface area contributed by atoms with Crippen molar-refractivity contribution in [1.82, 2.24) is 4.90 Å². The van der Waals surface area contributed by atoms with Crippen LogP contribution in [0.1, 0.15) is 41.6 Å². The minimum atomic E-state index is -0.484. The van der Waals surface area contributed by atoms with Gasteiger partial charge in [0.2, 0.25) is 0 Å². The van der Waals surface area contributed by atoms with Crippen molar-refractivity contribution in [1.29, 1.82) is 0 Å². The highest BCUT2D eigenvalue weighted by atomic mass is 16.6. The van der Waals surface area contributed by atoms with Crippen LogP contribution in [0.5, 0.6) is 5.75 Å². The number of carbonyl (C=O) groups excluding carboxylic acids is 1. The Morgan fingerprint density at radius 3 is 2.21 bits per heavy atom. The summed E-state index contributed by atoms with van der Waals surface area (Å²) in [6, 6.07) is 12.6. The fraction of sp³-hybridized carbons (Fsp3) is 0.348. The molecule has 0 spiro atoms. The number of likely N-dealkylation sites (N-methyl/N-ethyl adjacent to an activating group) is 1. The molecule has 2 rings (SSSR count). The van der Waals surface area contributed by atoms with Gasteiger partial charge in [0.1, 0.15) is 5.75 Å². The molecule has 0 saturated heterocycles. The van der Waals surface area contributed by atoms with Crippen LogP contribution in [0.4, 0.5) is 5.69 Å². The van der Waals surface area contributed by atoms with Gasteiger partial charge in [0.05, 0.1) is 11.5 Å². The van der Waals surface area contributed by atoms with E-state index in [0.29, 0.717) is 17.7 Å². The van der Waals surface area contributed by atoms with Crippen LogP contribution < -0.4 is 4.74 Å². The molecule has 0 bridgehead atoms. The van der Waals surface area contributed by atoms with Crippen molar-refractivity contribution in [3.63, 3.8) is 0 Å². The molecule has 6 nitrogen and oxygen atoms in total. The molecule has 0 aliphatic heterocycles. The molecule has 6 heteroatoms. The lowest BCUT2D eigenvalue weighted by atomic mass is 10.0. The normalized spacial score (nSPS) is 10.7. The van der Waals surface area contributed by atoms with Crippen molar-refractivity contribution in [3.8, 4) is 5.75 Å². The Hall–Kier alpha value is -2.99. The van der Waals surface area contributed by atoms with E-state index in [-0.39, 0.29) is 11.5 Å². The Balaban J connectivity index is 1.72. The van der Waals surface area contributed by atoms with E-state index in [1.165, 1.54) is 37.1 Å². The lowest BCUT2D eigenvalue weighted by Crippen LogP contribution is -2.19. The zero-order chi connectivity index (χ0) is 21.1. The topological polar surface area (TPSA) is 72.7 Å². The molecular weight excluding hydrogens is 368 g/mol. The van der Waals surface area contributed by atoms with Gasteiger partial charge in [-0.2, -0.15) is 0 Å². The van der Waals surface area contributed by atoms with Gasteiger partial charge in [-0.25, -0.2) is 0 Å². The van der Waals surface area contributed by atoms with Crippen molar-refractivity contribution in [2.24, 2.45) is 0 Å². The van der Waals surface area contributed by atoms with Crippen LogP contribution in [0.3, 0.4) is 0 Å². The molecule has 2 aromatic rings. The predicted octanol–water partition coefficient (Wildman–Crippen LogP) is 4.88. The first-order chi connectivity index (χ1) is 14.0. The Kier molecular flexibility index (Phi) is 9.05. The van der Waals surface area contributed by atoms with Crippen LogP contribution in [0.15, 0.2) is 61.2 Å². The summed E-state index contributed by atoms with van der Waals surface area (Å²) in [6.07, 6.45) is 6.38. The number of hydrogen-bond donors (Lipinski definition) is 0. The molecule has 0 heterocycles. The summed E-state index contributed by atoms with van der Waals surface area (Å²) >= 11 is 0. The highest BCUT2D eigenvalue weighted by Crippen LogP contribution is 2.18. The zero-order valence-electron chi connectivity index (χ0n) is 16.9. The number of nitro benzene ring substituents is 1. The first kappa shape index (κ1) is 22.3. The van der Waals surface area contributed by atoms with E-state index in [0.717, 1.165) is 31.7 Å². The van der Waals surface area contributed by atoms with Crippen LogP contribution in [-0.2, 0) is 0 Å². The monoisotopic (exact) mass is 396 g/mol. The average Bonchev–Trinajstić information content (AvgIpc) is 2.73. The van der Waals surface area contributed by atoms with Crippen LogP contribution in [-0.4, -0.2) is 42.4 Å². The Morgan fingerprint density at radius 2 is 1.62 bits per heavy atom. The molecule has 0 amide bonds. The maximum Gasteiger partial charge on any atom is 0.269 e. The maximum atomic E-state index is 12.5. The van der Waals surface area contributed by atoms with Gasteiger partial charge in [-0.05, 0) is 62.8 Å². The highest BCUT2D eigenvalue weighted by Gasteiger charge is 2.11.